The van der Waals surface area contributed by atoms with Crippen molar-refractivity contribution in [2.24, 2.45) is 0 Å². The molecule has 3 nitrogen and oxygen atoms in total. The number of hydrogen-bond acceptors (Lipinski definition) is 3. The molecule has 0 saturated heterocycles. The smallest absolute Gasteiger partial charge is 0.126 e. The fourth-order valence-corrected chi connectivity index (χ4v) is 1.47. The highest BCUT2D eigenvalue weighted by Gasteiger charge is 2.00. The van der Waals surface area contributed by atoms with Gasteiger partial charge in [-0.3, -0.25) is 0 Å². The van der Waals surface area contributed by atoms with E-state index in [0.29, 0.717) is 0 Å². The zero-order valence-electron chi connectivity index (χ0n) is 9.22. The average molecular weight is 193 g/mol. The van der Waals surface area contributed by atoms with Gasteiger partial charge in [-0.05, 0) is 31.2 Å². The average Bonchev–Trinajstić information content (AvgIpc) is 2.18. The molecular formula is C11H19N3. The number of anilines is 1. The van der Waals surface area contributed by atoms with Crippen LogP contribution in [0.2, 0.25) is 0 Å². The van der Waals surface area contributed by atoms with E-state index < -0.39 is 0 Å². The topological polar surface area (TPSA) is 37.0 Å². The summed E-state index contributed by atoms with van der Waals surface area (Å²) in [7, 11) is 3.86. The third kappa shape index (κ3) is 3.00. The van der Waals surface area contributed by atoms with Crippen LogP contribution in [0.25, 0.3) is 0 Å². The van der Waals surface area contributed by atoms with E-state index in [-0.39, 0.29) is 0 Å². The van der Waals surface area contributed by atoms with E-state index in [2.05, 4.69) is 34.7 Å². The number of hydrogen-bond donors (Lipinski definition) is 2. The van der Waals surface area contributed by atoms with Crippen molar-refractivity contribution in [3.05, 3.63) is 23.4 Å². The van der Waals surface area contributed by atoms with Crippen LogP contribution >= 0.6 is 0 Å². The minimum atomic E-state index is 0.897. The van der Waals surface area contributed by atoms with Gasteiger partial charge in [-0.15, -0.1) is 0 Å². The molecule has 0 unspecified atom stereocenters. The lowest BCUT2D eigenvalue weighted by Gasteiger charge is -2.07. The Kier molecular flexibility index (Phi) is 4.40. The Morgan fingerprint density at radius 2 is 2.07 bits per heavy atom. The fraction of sp³-hybridized carbons (Fsp3) is 0.545. The maximum Gasteiger partial charge on any atom is 0.126 e. The molecule has 0 aliphatic rings. The van der Waals surface area contributed by atoms with Gasteiger partial charge in [-0.2, -0.15) is 0 Å². The summed E-state index contributed by atoms with van der Waals surface area (Å²) in [5.74, 6) is 0.959. The van der Waals surface area contributed by atoms with Crippen LogP contribution in [0.1, 0.15) is 24.6 Å². The third-order valence-corrected chi connectivity index (χ3v) is 2.08. The largest absolute Gasteiger partial charge is 0.373 e. The SMILES string of the molecule is CCCc1cc(CNC)cc(NC)n1. The molecule has 0 aliphatic heterocycles. The molecule has 0 radical (unpaired) electrons. The Morgan fingerprint density at radius 3 is 2.64 bits per heavy atom. The molecule has 0 aliphatic carbocycles. The summed E-state index contributed by atoms with van der Waals surface area (Å²) in [5, 5.41) is 6.23. The van der Waals surface area contributed by atoms with E-state index in [1.54, 1.807) is 0 Å². The van der Waals surface area contributed by atoms with Crippen molar-refractivity contribution >= 4 is 5.82 Å². The highest BCUT2D eigenvalue weighted by Crippen LogP contribution is 2.11. The lowest BCUT2D eigenvalue weighted by atomic mass is 10.1. The highest BCUT2D eigenvalue weighted by molar-refractivity contribution is 5.39. The second-order valence-electron chi connectivity index (χ2n) is 3.38. The van der Waals surface area contributed by atoms with Crippen LogP contribution in [-0.4, -0.2) is 19.1 Å². The Balaban J connectivity index is 2.88. The highest BCUT2D eigenvalue weighted by atomic mass is 15.0. The number of rotatable bonds is 5. The van der Waals surface area contributed by atoms with Gasteiger partial charge in [0.15, 0.2) is 0 Å². The molecular weight excluding hydrogens is 174 g/mol. The lowest BCUT2D eigenvalue weighted by Crippen LogP contribution is -2.07. The molecule has 1 aromatic rings. The van der Waals surface area contributed by atoms with Crippen molar-refractivity contribution in [3.8, 4) is 0 Å². The van der Waals surface area contributed by atoms with Crippen LogP contribution in [0.3, 0.4) is 0 Å². The Labute approximate surface area is 85.9 Å². The summed E-state index contributed by atoms with van der Waals surface area (Å²) >= 11 is 0. The van der Waals surface area contributed by atoms with Crippen molar-refractivity contribution in [2.45, 2.75) is 26.3 Å². The standard InChI is InChI=1S/C11H19N3/c1-4-5-10-6-9(8-12-2)7-11(13-3)14-10/h6-7,12H,4-5,8H2,1-3H3,(H,13,14). The van der Waals surface area contributed by atoms with E-state index in [1.165, 1.54) is 11.3 Å². The van der Waals surface area contributed by atoms with Crippen LogP contribution in [0.4, 0.5) is 5.82 Å². The summed E-state index contributed by atoms with van der Waals surface area (Å²) in [4.78, 5) is 4.48. The van der Waals surface area contributed by atoms with Crippen LogP contribution in [0.15, 0.2) is 12.1 Å². The van der Waals surface area contributed by atoms with Gasteiger partial charge < -0.3 is 10.6 Å². The molecule has 0 amide bonds. The summed E-state index contributed by atoms with van der Waals surface area (Å²) < 4.78 is 0. The molecule has 1 heterocycles. The molecule has 1 rings (SSSR count). The predicted octanol–water partition coefficient (Wildman–Crippen LogP) is 1.80. The van der Waals surface area contributed by atoms with Gasteiger partial charge in [-0.1, -0.05) is 13.3 Å². The van der Waals surface area contributed by atoms with Gasteiger partial charge >= 0.3 is 0 Å². The van der Waals surface area contributed by atoms with Gasteiger partial charge in [0.2, 0.25) is 0 Å². The molecule has 3 heteroatoms. The normalized spacial score (nSPS) is 10.2. The number of aryl methyl sites for hydroxylation is 1. The quantitative estimate of drug-likeness (QED) is 0.748. The Hall–Kier alpha value is -1.09. The first-order valence-electron chi connectivity index (χ1n) is 5.12. The van der Waals surface area contributed by atoms with E-state index in [0.717, 1.165) is 25.2 Å². The number of pyridine rings is 1. The van der Waals surface area contributed by atoms with Crippen LogP contribution in [0.5, 0.6) is 0 Å². The Bertz CT molecular complexity index is 260. The van der Waals surface area contributed by atoms with Gasteiger partial charge in [-0.25, -0.2) is 4.98 Å². The number of nitrogens with zero attached hydrogens (tertiary/aromatic N) is 1. The Morgan fingerprint density at radius 1 is 1.29 bits per heavy atom. The van der Waals surface area contributed by atoms with Crippen molar-refractivity contribution < 1.29 is 0 Å². The summed E-state index contributed by atoms with van der Waals surface area (Å²) in [5.41, 5.74) is 2.46. The van der Waals surface area contributed by atoms with E-state index in [1.807, 2.05) is 14.1 Å². The van der Waals surface area contributed by atoms with Crippen LogP contribution in [0, 0.1) is 0 Å². The van der Waals surface area contributed by atoms with Crippen molar-refractivity contribution in [1.82, 2.24) is 10.3 Å². The zero-order valence-corrected chi connectivity index (χ0v) is 9.22. The van der Waals surface area contributed by atoms with Gasteiger partial charge in [0.25, 0.3) is 0 Å². The molecule has 0 spiro atoms. The monoisotopic (exact) mass is 193 g/mol. The first kappa shape index (κ1) is 11.0. The molecule has 1 aromatic heterocycles. The number of aromatic nitrogens is 1. The fourth-order valence-electron chi connectivity index (χ4n) is 1.47. The van der Waals surface area contributed by atoms with E-state index in [9.17, 15) is 0 Å². The molecule has 0 fully saturated rings. The van der Waals surface area contributed by atoms with Gasteiger partial charge in [0.05, 0.1) is 0 Å². The molecule has 0 saturated carbocycles. The molecule has 0 atom stereocenters. The molecule has 2 N–H and O–H groups in total. The summed E-state index contributed by atoms with van der Waals surface area (Å²) in [6, 6.07) is 4.25. The van der Waals surface area contributed by atoms with Crippen molar-refractivity contribution in [1.29, 1.82) is 0 Å². The second-order valence-corrected chi connectivity index (χ2v) is 3.38. The molecule has 78 valence electrons. The second kappa shape index (κ2) is 5.60. The molecule has 0 bridgehead atoms. The molecule has 0 aromatic carbocycles. The maximum absolute atomic E-state index is 4.48. The maximum atomic E-state index is 4.48. The summed E-state index contributed by atoms with van der Waals surface area (Å²) in [6.45, 7) is 3.07. The van der Waals surface area contributed by atoms with Gasteiger partial charge in [0, 0.05) is 19.3 Å². The predicted molar refractivity (Wildman–Crippen MR) is 60.5 cm³/mol. The zero-order chi connectivity index (χ0) is 10.4. The first-order valence-corrected chi connectivity index (χ1v) is 5.12. The lowest BCUT2D eigenvalue weighted by molar-refractivity contribution is 0.806. The van der Waals surface area contributed by atoms with Crippen LogP contribution in [-0.2, 0) is 13.0 Å². The van der Waals surface area contributed by atoms with Crippen molar-refractivity contribution in [2.75, 3.05) is 19.4 Å². The molecule has 14 heavy (non-hydrogen) atoms. The summed E-state index contributed by atoms with van der Waals surface area (Å²) in [6.07, 6.45) is 2.19. The van der Waals surface area contributed by atoms with E-state index >= 15 is 0 Å². The number of nitrogens with one attached hydrogen (secondary N) is 2. The van der Waals surface area contributed by atoms with Crippen molar-refractivity contribution in [3.63, 3.8) is 0 Å². The minimum absolute atomic E-state index is 0.897. The minimum Gasteiger partial charge on any atom is -0.373 e. The van der Waals surface area contributed by atoms with Crippen LogP contribution < -0.4 is 10.6 Å². The van der Waals surface area contributed by atoms with E-state index in [4.69, 9.17) is 0 Å². The first-order chi connectivity index (χ1) is 6.80. The van der Waals surface area contributed by atoms with Gasteiger partial charge in [0.1, 0.15) is 5.82 Å². The third-order valence-electron chi connectivity index (χ3n) is 2.08.